The maximum absolute atomic E-state index is 12.7. The summed E-state index contributed by atoms with van der Waals surface area (Å²) in [7, 11) is 1.41. The number of likely N-dealkylation sites (N-methyl/N-ethyl adjacent to an activating group) is 1. The zero-order chi connectivity index (χ0) is 42.8. The average molecular weight is 831 g/mol. The van der Waals surface area contributed by atoms with Crippen molar-refractivity contribution in [3.8, 4) is 0 Å². The summed E-state index contributed by atoms with van der Waals surface area (Å²) in [4.78, 5) is 35.3. The summed E-state index contributed by atoms with van der Waals surface area (Å²) in [5, 5.41) is 0. The molecule has 0 saturated carbocycles. The molecule has 2 atom stereocenters. The van der Waals surface area contributed by atoms with E-state index in [1.165, 1.54) is 25.7 Å². The standard InChI is InChI=1S/C48H80NO8P/c1-6-8-10-12-14-16-18-20-22-23-24-25-27-28-30-32-34-36-38-40-47(50)54-44-46(45-56-58(52,53)55-43-42-49(3,4)5)57-48(51)41-39-37-35-33-31-29-26-21-19-17-15-13-11-9-7-2/h9,11,14-17,20-22,24-26,28,30,34,36,46H,6-8,10,12-13,18-19,23,27,29,31-33,35,37-45H2,1-5H3/p+1/b11-9+,16-14+,17-15+,22-20+,25-24+,26-21+,30-28+,36-34+/t46-/m1/s1. The minimum Gasteiger partial charge on any atom is -0.462 e. The highest BCUT2D eigenvalue weighted by Crippen LogP contribution is 2.43. The Bertz CT molecular complexity index is 1300. The lowest BCUT2D eigenvalue weighted by atomic mass is 10.1. The highest BCUT2D eigenvalue weighted by Gasteiger charge is 2.27. The molecule has 0 spiro atoms. The van der Waals surface area contributed by atoms with E-state index in [-0.39, 0.29) is 26.1 Å². The first-order valence-electron chi connectivity index (χ1n) is 22.0. The number of phosphoric ester groups is 1. The maximum atomic E-state index is 12.7. The lowest BCUT2D eigenvalue weighted by Crippen LogP contribution is -2.37. The van der Waals surface area contributed by atoms with Crippen LogP contribution in [0.3, 0.4) is 0 Å². The molecule has 1 unspecified atom stereocenters. The van der Waals surface area contributed by atoms with Crippen molar-refractivity contribution in [2.75, 3.05) is 47.5 Å². The minimum absolute atomic E-state index is 0.0114. The molecule has 0 aromatic carbocycles. The summed E-state index contributed by atoms with van der Waals surface area (Å²) in [6.45, 7) is 4.14. The summed E-state index contributed by atoms with van der Waals surface area (Å²) in [6.07, 6.45) is 51.8. The fourth-order valence-electron chi connectivity index (χ4n) is 5.19. The SMILES string of the molecule is CC/C=C/C/C=C/C/C=C/CCCCCCCC(=O)O[C@H](COC(=O)CC/C=C/C/C=C/C/C=C/C/C=C/C/C=C/CCCCC)COP(=O)(O)OCC[N+](C)(C)C. The van der Waals surface area contributed by atoms with Crippen LogP contribution in [0.5, 0.6) is 0 Å². The Kier molecular flexibility index (Phi) is 37.3. The largest absolute Gasteiger partial charge is 0.472 e. The van der Waals surface area contributed by atoms with Gasteiger partial charge < -0.3 is 18.9 Å². The molecule has 0 rings (SSSR count). The number of rotatable bonds is 38. The van der Waals surface area contributed by atoms with Crippen LogP contribution in [-0.4, -0.2) is 74.9 Å². The molecular weight excluding hydrogens is 750 g/mol. The van der Waals surface area contributed by atoms with Crippen LogP contribution in [0.25, 0.3) is 0 Å². The number of esters is 2. The number of carbonyl (C=O) groups excluding carboxylic acids is 2. The van der Waals surface area contributed by atoms with Gasteiger partial charge in [0, 0.05) is 12.8 Å². The Hall–Kier alpha value is -3.07. The van der Waals surface area contributed by atoms with E-state index in [4.69, 9.17) is 18.5 Å². The highest BCUT2D eigenvalue weighted by molar-refractivity contribution is 7.47. The molecule has 0 aliphatic carbocycles. The van der Waals surface area contributed by atoms with Crippen molar-refractivity contribution in [3.63, 3.8) is 0 Å². The van der Waals surface area contributed by atoms with Gasteiger partial charge in [-0.2, -0.15) is 0 Å². The Balaban J connectivity index is 4.53. The number of carbonyl (C=O) groups is 2. The van der Waals surface area contributed by atoms with E-state index in [0.717, 1.165) is 77.0 Å². The quantitative estimate of drug-likeness (QED) is 0.0215. The molecule has 0 amide bonds. The maximum Gasteiger partial charge on any atom is 0.472 e. The first-order chi connectivity index (χ1) is 28.0. The van der Waals surface area contributed by atoms with E-state index >= 15 is 0 Å². The molecule has 1 N–H and O–H groups in total. The summed E-state index contributed by atoms with van der Waals surface area (Å²) < 4.78 is 34.2. The number of quaternary nitrogens is 1. The first kappa shape index (κ1) is 54.9. The monoisotopic (exact) mass is 831 g/mol. The van der Waals surface area contributed by atoms with Crippen molar-refractivity contribution in [1.82, 2.24) is 0 Å². The van der Waals surface area contributed by atoms with Crippen molar-refractivity contribution >= 4 is 19.8 Å². The van der Waals surface area contributed by atoms with Crippen molar-refractivity contribution in [2.24, 2.45) is 0 Å². The zero-order valence-electron chi connectivity index (χ0n) is 37.0. The van der Waals surface area contributed by atoms with Gasteiger partial charge in [-0.15, -0.1) is 0 Å². The van der Waals surface area contributed by atoms with E-state index in [2.05, 4.69) is 98.9 Å². The molecule has 0 aliphatic heterocycles. The molecule has 0 heterocycles. The molecular formula is C48H81NO8P+. The van der Waals surface area contributed by atoms with Gasteiger partial charge in [-0.1, -0.05) is 143 Å². The molecule has 0 aromatic rings. The third-order valence-electron chi connectivity index (χ3n) is 8.61. The number of hydrogen-bond donors (Lipinski definition) is 1. The number of phosphoric acid groups is 1. The molecule has 0 aromatic heterocycles. The van der Waals surface area contributed by atoms with Gasteiger partial charge in [0.2, 0.25) is 0 Å². The molecule has 58 heavy (non-hydrogen) atoms. The zero-order valence-corrected chi connectivity index (χ0v) is 37.9. The number of ether oxygens (including phenoxy) is 2. The molecule has 9 nitrogen and oxygen atoms in total. The van der Waals surface area contributed by atoms with Crippen LogP contribution >= 0.6 is 7.82 Å². The second-order valence-corrected chi connectivity index (χ2v) is 16.8. The van der Waals surface area contributed by atoms with Gasteiger partial charge in [0.1, 0.15) is 19.8 Å². The molecule has 330 valence electrons. The van der Waals surface area contributed by atoms with Gasteiger partial charge in [-0.05, 0) is 83.5 Å². The third kappa shape index (κ3) is 42.5. The smallest absolute Gasteiger partial charge is 0.462 e. The van der Waals surface area contributed by atoms with Gasteiger partial charge in [0.05, 0.1) is 27.7 Å². The molecule has 0 aliphatic rings. The summed E-state index contributed by atoms with van der Waals surface area (Å²) >= 11 is 0. The predicted octanol–water partition coefficient (Wildman–Crippen LogP) is 12.6. The number of allylic oxidation sites excluding steroid dienone is 16. The fourth-order valence-corrected chi connectivity index (χ4v) is 5.93. The van der Waals surface area contributed by atoms with Crippen molar-refractivity contribution in [3.05, 3.63) is 97.2 Å². The Labute approximate surface area is 353 Å². The first-order valence-corrected chi connectivity index (χ1v) is 23.5. The second-order valence-electron chi connectivity index (χ2n) is 15.3. The van der Waals surface area contributed by atoms with Crippen molar-refractivity contribution in [2.45, 2.75) is 148 Å². The number of hydrogen-bond acceptors (Lipinski definition) is 7. The number of nitrogens with zero attached hydrogens (tertiary/aromatic N) is 1. The predicted molar refractivity (Wildman–Crippen MR) is 242 cm³/mol. The normalized spacial score (nSPS) is 14.5. The van der Waals surface area contributed by atoms with Crippen LogP contribution in [0, 0.1) is 0 Å². The fraction of sp³-hybridized carbons (Fsp3) is 0.625. The lowest BCUT2D eigenvalue weighted by molar-refractivity contribution is -0.870. The molecule has 0 fully saturated rings. The van der Waals surface area contributed by atoms with Crippen LogP contribution in [0.2, 0.25) is 0 Å². The van der Waals surface area contributed by atoms with Crippen LogP contribution in [0.4, 0.5) is 0 Å². The Morgan fingerprint density at radius 1 is 0.552 bits per heavy atom. The van der Waals surface area contributed by atoms with Gasteiger partial charge in [-0.3, -0.25) is 18.6 Å². The van der Waals surface area contributed by atoms with Crippen molar-refractivity contribution < 1.29 is 42.1 Å². The van der Waals surface area contributed by atoms with Gasteiger partial charge in [0.25, 0.3) is 0 Å². The summed E-state index contributed by atoms with van der Waals surface area (Å²) in [5.74, 6) is -0.926. The van der Waals surface area contributed by atoms with E-state index in [9.17, 15) is 19.0 Å². The summed E-state index contributed by atoms with van der Waals surface area (Å²) in [5.41, 5.74) is 0. The lowest BCUT2D eigenvalue weighted by Gasteiger charge is -2.24. The Morgan fingerprint density at radius 2 is 1.02 bits per heavy atom. The van der Waals surface area contributed by atoms with Gasteiger partial charge in [-0.25, -0.2) is 4.57 Å². The van der Waals surface area contributed by atoms with Gasteiger partial charge in [0.15, 0.2) is 6.10 Å². The van der Waals surface area contributed by atoms with E-state index in [1.807, 2.05) is 33.3 Å². The van der Waals surface area contributed by atoms with Crippen LogP contribution in [-0.2, 0) is 32.7 Å². The average Bonchev–Trinajstić information content (AvgIpc) is 3.17. The molecule has 0 radical (unpaired) electrons. The van der Waals surface area contributed by atoms with E-state index < -0.39 is 32.5 Å². The molecule has 0 bridgehead atoms. The van der Waals surface area contributed by atoms with E-state index in [0.29, 0.717) is 23.9 Å². The highest BCUT2D eigenvalue weighted by atomic mass is 31.2. The van der Waals surface area contributed by atoms with E-state index in [1.54, 1.807) is 0 Å². The van der Waals surface area contributed by atoms with Crippen LogP contribution in [0.1, 0.15) is 142 Å². The second kappa shape index (κ2) is 39.4. The Morgan fingerprint density at radius 3 is 1.53 bits per heavy atom. The molecule has 10 heteroatoms. The third-order valence-corrected chi connectivity index (χ3v) is 9.60. The summed E-state index contributed by atoms with van der Waals surface area (Å²) in [6, 6.07) is 0. The topological polar surface area (TPSA) is 108 Å². The minimum atomic E-state index is -4.40. The van der Waals surface area contributed by atoms with Crippen LogP contribution < -0.4 is 0 Å². The van der Waals surface area contributed by atoms with Gasteiger partial charge >= 0.3 is 19.8 Å². The molecule has 0 saturated heterocycles. The van der Waals surface area contributed by atoms with Crippen molar-refractivity contribution in [1.29, 1.82) is 0 Å². The van der Waals surface area contributed by atoms with Crippen LogP contribution in [0.15, 0.2) is 97.2 Å². The number of unbranched alkanes of at least 4 members (excludes halogenated alkanes) is 8.